The second kappa shape index (κ2) is 11.4. The number of halogens is 1. The van der Waals surface area contributed by atoms with Crippen LogP contribution in [0.5, 0.6) is 0 Å². The summed E-state index contributed by atoms with van der Waals surface area (Å²) in [4.78, 5) is 2.54. The van der Waals surface area contributed by atoms with Gasteiger partial charge in [0.2, 0.25) is 0 Å². The molecule has 2 N–H and O–H groups in total. The molecule has 0 amide bonds. The molecule has 0 bridgehead atoms. The van der Waals surface area contributed by atoms with Crippen LogP contribution in [0.2, 0.25) is 0 Å². The molecule has 0 radical (unpaired) electrons. The molecule has 1 unspecified atom stereocenters. The zero-order valence-corrected chi connectivity index (χ0v) is 12.2. The van der Waals surface area contributed by atoms with Gasteiger partial charge in [-0.25, -0.2) is 0 Å². The Morgan fingerprint density at radius 1 is 1.28 bits per heavy atom. The van der Waals surface area contributed by atoms with E-state index >= 15 is 0 Å². The Hall–Kier alpha value is -0.670. The molecular formula is C15H29FN2. The highest BCUT2D eigenvalue weighted by atomic mass is 19.1. The summed E-state index contributed by atoms with van der Waals surface area (Å²) in [6, 6.07) is 0.205. The first-order valence-corrected chi connectivity index (χ1v) is 6.95. The molecule has 1 saturated heterocycles. The van der Waals surface area contributed by atoms with Gasteiger partial charge in [-0.1, -0.05) is 31.6 Å². The highest BCUT2D eigenvalue weighted by molar-refractivity contribution is 5.22. The number of allylic oxidation sites excluding steroid dienone is 1. The highest BCUT2D eigenvalue weighted by Gasteiger charge is 2.10. The standard InChI is InChI=1S/C14H26N2.CH3F/c1-3-8-13(11-14(15)4-2)12-16-9-6-5-7-10-16;1-2/h3,8,11,14H,4-7,9-10,12,15H2,1-2H3;1H3/b8-3-,13-11+;. The molecule has 1 heterocycles. The third-order valence-electron chi connectivity index (χ3n) is 3.14. The Bertz CT molecular complexity index is 243. The third-order valence-corrected chi connectivity index (χ3v) is 3.14. The van der Waals surface area contributed by atoms with Crippen molar-refractivity contribution in [3.05, 3.63) is 23.8 Å². The predicted octanol–water partition coefficient (Wildman–Crippen LogP) is 3.30. The second-order valence-electron chi connectivity index (χ2n) is 4.65. The maximum Gasteiger partial charge on any atom is 0.0785 e. The summed E-state index contributed by atoms with van der Waals surface area (Å²) in [6.07, 6.45) is 11.6. The Kier molecular flexibility index (Phi) is 11.0. The minimum absolute atomic E-state index is 0.205. The summed E-state index contributed by atoms with van der Waals surface area (Å²) in [6.45, 7) is 7.77. The maximum absolute atomic E-state index is 9.50. The van der Waals surface area contributed by atoms with Gasteiger partial charge in [0.05, 0.1) is 7.18 Å². The molecule has 1 fully saturated rings. The predicted molar refractivity (Wildman–Crippen MR) is 78.5 cm³/mol. The quantitative estimate of drug-likeness (QED) is 0.765. The van der Waals surface area contributed by atoms with Gasteiger partial charge in [-0.2, -0.15) is 0 Å². The Morgan fingerprint density at radius 2 is 1.89 bits per heavy atom. The fourth-order valence-corrected chi connectivity index (χ4v) is 2.14. The van der Waals surface area contributed by atoms with E-state index < -0.39 is 0 Å². The van der Waals surface area contributed by atoms with Crippen LogP contribution in [0.4, 0.5) is 4.39 Å². The van der Waals surface area contributed by atoms with Crippen molar-refractivity contribution in [3.63, 3.8) is 0 Å². The van der Waals surface area contributed by atoms with Gasteiger partial charge in [-0.15, -0.1) is 0 Å². The van der Waals surface area contributed by atoms with Gasteiger partial charge in [0.15, 0.2) is 0 Å². The molecule has 0 saturated carbocycles. The van der Waals surface area contributed by atoms with Crippen LogP contribution in [0.1, 0.15) is 39.5 Å². The lowest BCUT2D eigenvalue weighted by Crippen LogP contribution is -2.31. The summed E-state index contributed by atoms with van der Waals surface area (Å²) in [5.41, 5.74) is 7.35. The van der Waals surface area contributed by atoms with E-state index in [1.54, 1.807) is 0 Å². The van der Waals surface area contributed by atoms with Gasteiger partial charge in [-0.3, -0.25) is 9.29 Å². The van der Waals surface area contributed by atoms with Crippen molar-refractivity contribution >= 4 is 0 Å². The molecule has 0 aliphatic carbocycles. The Morgan fingerprint density at radius 3 is 2.39 bits per heavy atom. The van der Waals surface area contributed by atoms with Crippen molar-refractivity contribution in [3.8, 4) is 0 Å². The molecule has 0 aromatic rings. The van der Waals surface area contributed by atoms with Crippen molar-refractivity contribution in [2.45, 2.75) is 45.6 Å². The molecule has 0 aromatic heterocycles. The van der Waals surface area contributed by atoms with Gasteiger partial charge in [-0.05, 0) is 44.8 Å². The summed E-state index contributed by atoms with van der Waals surface area (Å²) >= 11 is 0. The third kappa shape index (κ3) is 7.62. The summed E-state index contributed by atoms with van der Waals surface area (Å²) < 4.78 is 9.50. The normalized spacial score (nSPS) is 19.5. The van der Waals surface area contributed by atoms with Crippen molar-refractivity contribution in [2.75, 3.05) is 26.8 Å². The van der Waals surface area contributed by atoms with E-state index in [2.05, 4.69) is 37.0 Å². The van der Waals surface area contributed by atoms with E-state index in [9.17, 15) is 4.39 Å². The van der Waals surface area contributed by atoms with Gasteiger partial charge >= 0.3 is 0 Å². The minimum Gasteiger partial charge on any atom is -0.324 e. The molecule has 18 heavy (non-hydrogen) atoms. The van der Waals surface area contributed by atoms with Gasteiger partial charge in [0.25, 0.3) is 0 Å². The average molecular weight is 256 g/mol. The average Bonchev–Trinajstić information content (AvgIpc) is 2.42. The molecule has 1 aliphatic rings. The lowest BCUT2D eigenvalue weighted by atomic mass is 10.1. The molecule has 0 spiro atoms. The molecule has 3 heteroatoms. The number of nitrogens with two attached hydrogens (primary N) is 1. The zero-order chi connectivity index (χ0) is 13.8. The zero-order valence-electron chi connectivity index (χ0n) is 12.2. The van der Waals surface area contributed by atoms with E-state index in [0.29, 0.717) is 7.18 Å². The van der Waals surface area contributed by atoms with Crippen LogP contribution in [0.3, 0.4) is 0 Å². The molecular weight excluding hydrogens is 227 g/mol. The fourth-order valence-electron chi connectivity index (χ4n) is 2.14. The first-order valence-electron chi connectivity index (χ1n) is 6.95. The van der Waals surface area contributed by atoms with Gasteiger partial charge < -0.3 is 5.73 Å². The van der Waals surface area contributed by atoms with E-state index in [-0.39, 0.29) is 6.04 Å². The SMILES string of the molecule is C/C=C\C(=C/C(N)CC)CN1CCCCC1.CF. The maximum atomic E-state index is 9.50. The van der Waals surface area contributed by atoms with E-state index in [4.69, 9.17) is 5.73 Å². The van der Waals surface area contributed by atoms with Gasteiger partial charge in [0, 0.05) is 12.6 Å². The van der Waals surface area contributed by atoms with Crippen LogP contribution >= 0.6 is 0 Å². The first kappa shape index (κ1) is 17.3. The lowest BCUT2D eigenvalue weighted by molar-refractivity contribution is 0.248. The van der Waals surface area contributed by atoms with Crippen molar-refractivity contribution in [1.82, 2.24) is 4.90 Å². The number of likely N-dealkylation sites (tertiary alicyclic amines) is 1. The largest absolute Gasteiger partial charge is 0.324 e. The van der Waals surface area contributed by atoms with Crippen LogP contribution in [0.15, 0.2) is 23.8 Å². The van der Waals surface area contributed by atoms with Crippen LogP contribution in [0, 0.1) is 0 Å². The van der Waals surface area contributed by atoms with Crippen LogP contribution in [-0.2, 0) is 0 Å². The highest BCUT2D eigenvalue weighted by Crippen LogP contribution is 2.12. The lowest BCUT2D eigenvalue weighted by Gasteiger charge is -2.27. The number of piperidine rings is 1. The smallest absolute Gasteiger partial charge is 0.0785 e. The Balaban J connectivity index is 0.00000137. The van der Waals surface area contributed by atoms with E-state index in [1.165, 1.54) is 37.9 Å². The van der Waals surface area contributed by atoms with Crippen LogP contribution in [-0.4, -0.2) is 37.8 Å². The summed E-state index contributed by atoms with van der Waals surface area (Å²) in [5.74, 6) is 0. The van der Waals surface area contributed by atoms with Crippen molar-refractivity contribution < 1.29 is 4.39 Å². The fraction of sp³-hybridized carbons (Fsp3) is 0.733. The number of hydrogen-bond donors (Lipinski definition) is 1. The van der Waals surface area contributed by atoms with E-state index in [0.717, 1.165) is 13.0 Å². The molecule has 1 atom stereocenters. The summed E-state index contributed by atoms with van der Waals surface area (Å²) in [7, 11) is 0.500. The topological polar surface area (TPSA) is 29.3 Å². The van der Waals surface area contributed by atoms with E-state index in [1.807, 2.05) is 0 Å². The van der Waals surface area contributed by atoms with Crippen molar-refractivity contribution in [2.24, 2.45) is 5.73 Å². The summed E-state index contributed by atoms with van der Waals surface area (Å²) in [5, 5.41) is 0. The molecule has 0 aromatic carbocycles. The number of hydrogen-bond acceptors (Lipinski definition) is 2. The van der Waals surface area contributed by atoms with Crippen LogP contribution < -0.4 is 5.73 Å². The van der Waals surface area contributed by atoms with Crippen LogP contribution in [0.25, 0.3) is 0 Å². The Labute approximate surface area is 112 Å². The molecule has 106 valence electrons. The molecule has 1 rings (SSSR count). The number of alkyl halides is 1. The molecule has 2 nitrogen and oxygen atoms in total. The monoisotopic (exact) mass is 256 g/mol. The minimum atomic E-state index is 0.205. The van der Waals surface area contributed by atoms with Gasteiger partial charge in [0.1, 0.15) is 0 Å². The second-order valence-corrected chi connectivity index (χ2v) is 4.65. The number of nitrogens with zero attached hydrogens (tertiary/aromatic N) is 1. The number of rotatable bonds is 5. The van der Waals surface area contributed by atoms with Crippen molar-refractivity contribution in [1.29, 1.82) is 0 Å². The first-order chi connectivity index (χ1) is 8.76. The molecule has 1 aliphatic heterocycles.